The molecule has 0 aromatic carbocycles. The van der Waals surface area contributed by atoms with Crippen molar-refractivity contribution in [3.8, 4) is 11.3 Å². The van der Waals surface area contributed by atoms with E-state index < -0.39 is 0 Å². The van der Waals surface area contributed by atoms with Crippen LogP contribution < -0.4 is 0 Å². The number of ether oxygens (including phenoxy) is 1. The van der Waals surface area contributed by atoms with Crippen molar-refractivity contribution < 1.29 is 4.74 Å². The van der Waals surface area contributed by atoms with Crippen molar-refractivity contribution in [3.05, 3.63) is 42.1 Å². The van der Waals surface area contributed by atoms with Gasteiger partial charge in [0.1, 0.15) is 12.0 Å². The molecular weight excluding hydrogens is 434 g/mol. The molecule has 2 fully saturated rings. The molecule has 1 aliphatic heterocycles. The van der Waals surface area contributed by atoms with Crippen molar-refractivity contribution in [2.45, 2.75) is 70.6 Å². The Kier molecular flexibility index (Phi) is 6.09. The van der Waals surface area contributed by atoms with E-state index in [0.29, 0.717) is 11.8 Å². The van der Waals surface area contributed by atoms with E-state index in [1.165, 1.54) is 56.2 Å². The van der Waals surface area contributed by atoms with Crippen LogP contribution >= 0.6 is 0 Å². The first-order chi connectivity index (χ1) is 17.1. The lowest BCUT2D eigenvalue weighted by Crippen LogP contribution is -2.21. The van der Waals surface area contributed by atoms with Crippen molar-refractivity contribution in [2.24, 2.45) is 18.9 Å². The number of rotatable bonds is 5. The summed E-state index contributed by atoms with van der Waals surface area (Å²) in [6, 6.07) is 4.52. The summed E-state index contributed by atoms with van der Waals surface area (Å²) in [5.41, 5.74) is 8.08. The normalized spacial score (nSPS) is 21.9. The van der Waals surface area contributed by atoms with Gasteiger partial charge >= 0.3 is 0 Å². The molecule has 2 aliphatic rings. The molecule has 0 unspecified atom stereocenters. The molecule has 6 nitrogen and oxygen atoms in total. The standard InChI is InChI=1S/C29H37N5O/c1-18(2)26-27(23-16-34(3)29-22(23)15-30-17-31-29)33-25-9-8-24(32-28(25)26)21-6-4-19(5-7-21)14-20-10-12-35-13-11-20/h8-9,15-21,33H,4-7,10-14H2,1-3H3. The zero-order chi connectivity index (χ0) is 23.9. The maximum Gasteiger partial charge on any atom is 0.143 e. The molecule has 0 radical (unpaired) electrons. The second kappa shape index (κ2) is 9.38. The van der Waals surface area contributed by atoms with Crippen molar-refractivity contribution in [1.29, 1.82) is 0 Å². The van der Waals surface area contributed by atoms with Crippen molar-refractivity contribution in [1.82, 2.24) is 24.5 Å². The Labute approximate surface area is 207 Å². The number of hydrogen-bond donors (Lipinski definition) is 1. The van der Waals surface area contributed by atoms with E-state index in [1.807, 2.05) is 13.2 Å². The predicted octanol–water partition coefficient (Wildman–Crippen LogP) is 6.73. The lowest BCUT2D eigenvalue weighted by Gasteiger charge is -2.32. The SMILES string of the molecule is CC(C)c1c(-c2cn(C)c3ncncc23)[nH]c2ccc(C3CCC(CC4CCOCC4)CC3)nc12. The Morgan fingerprint density at radius 2 is 1.83 bits per heavy atom. The fraction of sp³-hybridized carbons (Fsp3) is 0.552. The van der Waals surface area contributed by atoms with Gasteiger partial charge in [-0.3, -0.25) is 4.98 Å². The molecule has 184 valence electrons. The molecule has 6 heteroatoms. The highest BCUT2D eigenvalue weighted by molar-refractivity contribution is 5.98. The summed E-state index contributed by atoms with van der Waals surface area (Å²) >= 11 is 0. The Bertz CT molecular complexity index is 1320. The summed E-state index contributed by atoms with van der Waals surface area (Å²) in [7, 11) is 2.05. The zero-order valence-electron chi connectivity index (χ0n) is 21.3. The first-order valence-corrected chi connectivity index (χ1v) is 13.4. The van der Waals surface area contributed by atoms with Gasteiger partial charge in [-0.2, -0.15) is 0 Å². The fourth-order valence-corrected chi connectivity index (χ4v) is 6.57. The van der Waals surface area contributed by atoms with Crippen LogP contribution in [0.25, 0.3) is 33.3 Å². The number of aromatic nitrogens is 5. The molecule has 1 aliphatic carbocycles. The lowest BCUT2D eigenvalue weighted by molar-refractivity contribution is 0.0558. The largest absolute Gasteiger partial charge is 0.381 e. The first kappa shape index (κ1) is 22.7. The number of aryl methyl sites for hydroxylation is 1. The molecule has 0 spiro atoms. The van der Waals surface area contributed by atoms with E-state index in [-0.39, 0.29) is 0 Å². The monoisotopic (exact) mass is 471 g/mol. The van der Waals surface area contributed by atoms with Gasteiger partial charge in [0.05, 0.1) is 16.7 Å². The van der Waals surface area contributed by atoms with Crippen LogP contribution in [0, 0.1) is 11.8 Å². The summed E-state index contributed by atoms with van der Waals surface area (Å²) in [6.45, 7) is 6.46. The Morgan fingerprint density at radius 3 is 2.60 bits per heavy atom. The van der Waals surface area contributed by atoms with Crippen molar-refractivity contribution in [2.75, 3.05) is 13.2 Å². The highest BCUT2D eigenvalue weighted by Gasteiger charge is 2.27. The summed E-state index contributed by atoms with van der Waals surface area (Å²) in [5, 5.41) is 1.08. The molecule has 0 bridgehead atoms. The van der Waals surface area contributed by atoms with E-state index in [4.69, 9.17) is 9.72 Å². The summed E-state index contributed by atoms with van der Waals surface area (Å²) in [5.74, 6) is 2.70. The molecule has 4 aromatic rings. The third-order valence-electron chi connectivity index (χ3n) is 8.46. The van der Waals surface area contributed by atoms with Crippen LogP contribution in [0.1, 0.15) is 81.9 Å². The maximum atomic E-state index is 5.56. The third-order valence-corrected chi connectivity index (χ3v) is 8.46. The zero-order valence-corrected chi connectivity index (χ0v) is 21.3. The van der Waals surface area contributed by atoms with Gasteiger partial charge in [0.2, 0.25) is 0 Å². The van der Waals surface area contributed by atoms with Gasteiger partial charge in [-0.25, -0.2) is 9.97 Å². The number of hydrogen-bond acceptors (Lipinski definition) is 4. The number of aromatic amines is 1. The quantitative estimate of drug-likeness (QED) is 0.350. The number of nitrogens with one attached hydrogen (secondary N) is 1. The van der Waals surface area contributed by atoms with Crippen LogP contribution in [-0.4, -0.2) is 37.7 Å². The van der Waals surface area contributed by atoms with E-state index in [1.54, 1.807) is 6.33 Å². The van der Waals surface area contributed by atoms with Crippen molar-refractivity contribution in [3.63, 3.8) is 0 Å². The number of pyridine rings is 1. The lowest BCUT2D eigenvalue weighted by atomic mass is 9.75. The minimum absolute atomic E-state index is 0.358. The Balaban J connectivity index is 1.28. The molecule has 5 heterocycles. The molecule has 1 saturated heterocycles. The summed E-state index contributed by atoms with van der Waals surface area (Å²) in [6.07, 6.45) is 14.8. The van der Waals surface area contributed by atoms with Crippen LogP contribution in [0.15, 0.2) is 30.9 Å². The smallest absolute Gasteiger partial charge is 0.143 e. The van der Waals surface area contributed by atoms with Gasteiger partial charge in [-0.05, 0) is 74.8 Å². The maximum absolute atomic E-state index is 5.56. The fourth-order valence-electron chi connectivity index (χ4n) is 6.57. The van der Waals surface area contributed by atoms with E-state index in [2.05, 4.69) is 51.7 Å². The van der Waals surface area contributed by atoms with E-state index in [9.17, 15) is 0 Å². The second-order valence-electron chi connectivity index (χ2n) is 11.1. The van der Waals surface area contributed by atoms with Gasteiger partial charge in [0, 0.05) is 60.8 Å². The van der Waals surface area contributed by atoms with Crippen LogP contribution in [0.4, 0.5) is 0 Å². The number of nitrogens with zero attached hydrogens (tertiary/aromatic N) is 4. The molecule has 35 heavy (non-hydrogen) atoms. The van der Waals surface area contributed by atoms with Crippen molar-refractivity contribution >= 4 is 22.1 Å². The van der Waals surface area contributed by atoms with Gasteiger partial charge in [0.15, 0.2) is 0 Å². The number of H-pyrrole nitrogens is 1. The Hall–Kier alpha value is -2.73. The summed E-state index contributed by atoms with van der Waals surface area (Å²) < 4.78 is 7.64. The van der Waals surface area contributed by atoms with E-state index >= 15 is 0 Å². The molecule has 0 amide bonds. The Morgan fingerprint density at radius 1 is 1.06 bits per heavy atom. The highest BCUT2D eigenvalue weighted by Crippen LogP contribution is 2.41. The summed E-state index contributed by atoms with van der Waals surface area (Å²) in [4.78, 5) is 17.8. The molecule has 1 N–H and O–H groups in total. The highest BCUT2D eigenvalue weighted by atomic mass is 16.5. The molecule has 0 atom stereocenters. The van der Waals surface area contributed by atoms with Gasteiger partial charge in [-0.1, -0.05) is 13.8 Å². The minimum atomic E-state index is 0.358. The average Bonchev–Trinajstić information content (AvgIpc) is 3.43. The molecule has 1 saturated carbocycles. The molecule has 6 rings (SSSR count). The minimum Gasteiger partial charge on any atom is -0.381 e. The van der Waals surface area contributed by atoms with E-state index in [0.717, 1.165) is 58.4 Å². The van der Waals surface area contributed by atoms with Gasteiger partial charge in [0.25, 0.3) is 0 Å². The van der Waals surface area contributed by atoms with Crippen LogP contribution in [0.2, 0.25) is 0 Å². The predicted molar refractivity (Wildman–Crippen MR) is 141 cm³/mol. The van der Waals surface area contributed by atoms with Gasteiger partial charge < -0.3 is 14.3 Å². The molecular formula is C29H37N5O. The third kappa shape index (κ3) is 4.26. The molecule has 4 aromatic heterocycles. The second-order valence-corrected chi connectivity index (χ2v) is 11.1. The number of fused-ring (bicyclic) bond motifs is 2. The first-order valence-electron chi connectivity index (χ1n) is 13.4. The van der Waals surface area contributed by atoms with Crippen LogP contribution in [-0.2, 0) is 11.8 Å². The van der Waals surface area contributed by atoms with Crippen LogP contribution in [0.3, 0.4) is 0 Å². The average molecular weight is 472 g/mol. The van der Waals surface area contributed by atoms with Gasteiger partial charge in [-0.15, -0.1) is 0 Å². The van der Waals surface area contributed by atoms with Crippen LogP contribution in [0.5, 0.6) is 0 Å². The topological polar surface area (TPSA) is 68.6 Å².